The number of nitrogens with zero attached hydrogens (tertiary/aromatic N) is 2. The fraction of sp³-hybridized carbons (Fsp3) is 0.154. The van der Waals surface area contributed by atoms with Crippen LogP contribution in [0, 0.1) is 13.8 Å². The summed E-state index contributed by atoms with van der Waals surface area (Å²) in [5.74, 6) is -0.211. The summed E-state index contributed by atoms with van der Waals surface area (Å²) < 4.78 is 0.852. The topological polar surface area (TPSA) is 54.9 Å². The standard InChI is InChI=1S/C13H12BrN3O/c1-8-3-4-12(11(14)5-8)17-13(18)10-6-15-7-16-9(10)2/h3-7H,1-2H3,(H,17,18). The summed E-state index contributed by atoms with van der Waals surface area (Å²) in [7, 11) is 0. The molecule has 0 saturated carbocycles. The molecule has 1 heterocycles. The van der Waals surface area contributed by atoms with Gasteiger partial charge in [0.15, 0.2) is 0 Å². The van der Waals surface area contributed by atoms with Crippen molar-refractivity contribution in [2.45, 2.75) is 13.8 Å². The van der Waals surface area contributed by atoms with Crippen molar-refractivity contribution in [3.8, 4) is 0 Å². The number of nitrogens with one attached hydrogen (secondary N) is 1. The van der Waals surface area contributed by atoms with Gasteiger partial charge in [0.05, 0.1) is 16.9 Å². The lowest BCUT2D eigenvalue weighted by molar-refractivity contribution is 0.102. The molecule has 92 valence electrons. The van der Waals surface area contributed by atoms with Crippen LogP contribution in [0.3, 0.4) is 0 Å². The molecule has 0 aliphatic rings. The van der Waals surface area contributed by atoms with Crippen LogP contribution in [0.1, 0.15) is 21.6 Å². The second-order valence-electron chi connectivity index (χ2n) is 3.96. The van der Waals surface area contributed by atoms with Crippen molar-refractivity contribution in [3.63, 3.8) is 0 Å². The Morgan fingerprint density at radius 2 is 2.11 bits per heavy atom. The van der Waals surface area contributed by atoms with E-state index in [1.54, 1.807) is 6.92 Å². The highest BCUT2D eigenvalue weighted by Crippen LogP contribution is 2.24. The summed E-state index contributed by atoms with van der Waals surface area (Å²) in [6.45, 7) is 3.77. The van der Waals surface area contributed by atoms with E-state index in [0.29, 0.717) is 11.3 Å². The van der Waals surface area contributed by atoms with Crippen molar-refractivity contribution in [2.75, 3.05) is 5.32 Å². The number of halogens is 1. The Labute approximate surface area is 114 Å². The van der Waals surface area contributed by atoms with Crippen LogP contribution in [0.2, 0.25) is 0 Å². The second kappa shape index (κ2) is 5.27. The zero-order valence-electron chi connectivity index (χ0n) is 10.1. The summed E-state index contributed by atoms with van der Waals surface area (Å²) in [4.78, 5) is 19.9. The smallest absolute Gasteiger partial charge is 0.259 e. The van der Waals surface area contributed by atoms with E-state index in [1.165, 1.54) is 12.5 Å². The van der Waals surface area contributed by atoms with Crippen LogP contribution in [0.25, 0.3) is 0 Å². The van der Waals surface area contributed by atoms with Gasteiger partial charge in [-0.1, -0.05) is 6.07 Å². The van der Waals surface area contributed by atoms with Gasteiger partial charge in [-0.25, -0.2) is 9.97 Å². The molecular weight excluding hydrogens is 294 g/mol. The lowest BCUT2D eigenvalue weighted by atomic mass is 10.2. The number of carbonyl (C=O) groups excluding carboxylic acids is 1. The van der Waals surface area contributed by atoms with Gasteiger partial charge in [0.2, 0.25) is 0 Å². The number of rotatable bonds is 2. The summed E-state index contributed by atoms with van der Waals surface area (Å²) >= 11 is 3.42. The van der Waals surface area contributed by atoms with Gasteiger partial charge in [0.25, 0.3) is 5.91 Å². The van der Waals surface area contributed by atoms with Gasteiger partial charge in [0.1, 0.15) is 6.33 Å². The van der Waals surface area contributed by atoms with Crippen molar-refractivity contribution in [2.24, 2.45) is 0 Å². The number of aryl methyl sites for hydroxylation is 2. The van der Waals surface area contributed by atoms with E-state index in [9.17, 15) is 4.79 Å². The van der Waals surface area contributed by atoms with E-state index in [4.69, 9.17) is 0 Å². The summed E-state index contributed by atoms with van der Waals surface area (Å²) in [5, 5.41) is 2.83. The Kier molecular flexibility index (Phi) is 3.72. The van der Waals surface area contributed by atoms with Crippen LogP contribution in [0.5, 0.6) is 0 Å². The largest absolute Gasteiger partial charge is 0.321 e. The number of hydrogen-bond acceptors (Lipinski definition) is 3. The minimum Gasteiger partial charge on any atom is -0.321 e. The Morgan fingerprint density at radius 3 is 2.78 bits per heavy atom. The van der Waals surface area contributed by atoms with Crippen LogP contribution in [-0.2, 0) is 0 Å². The van der Waals surface area contributed by atoms with Crippen molar-refractivity contribution in [3.05, 3.63) is 52.0 Å². The quantitative estimate of drug-likeness (QED) is 0.927. The number of hydrogen-bond donors (Lipinski definition) is 1. The fourth-order valence-corrected chi connectivity index (χ4v) is 2.12. The zero-order valence-corrected chi connectivity index (χ0v) is 11.7. The van der Waals surface area contributed by atoms with Gasteiger partial charge in [-0.2, -0.15) is 0 Å². The first-order valence-corrected chi connectivity index (χ1v) is 6.21. The molecule has 2 aromatic rings. The van der Waals surface area contributed by atoms with E-state index >= 15 is 0 Å². The molecule has 0 aliphatic heterocycles. The molecule has 1 aromatic heterocycles. The highest BCUT2D eigenvalue weighted by molar-refractivity contribution is 9.10. The average Bonchev–Trinajstić information content (AvgIpc) is 2.33. The fourth-order valence-electron chi connectivity index (χ4n) is 1.52. The van der Waals surface area contributed by atoms with Gasteiger partial charge >= 0.3 is 0 Å². The molecule has 5 heteroatoms. The van der Waals surface area contributed by atoms with E-state index in [1.807, 2.05) is 25.1 Å². The minimum atomic E-state index is -0.211. The molecule has 0 spiro atoms. The van der Waals surface area contributed by atoms with Crippen LogP contribution in [0.15, 0.2) is 35.2 Å². The maximum atomic E-state index is 12.1. The number of benzene rings is 1. The summed E-state index contributed by atoms with van der Waals surface area (Å²) in [6, 6.07) is 5.75. The molecule has 0 bridgehead atoms. The first-order chi connectivity index (χ1) is 8.58. The van der Waals surface area contributed by atoms with Crippen molar-refractivity contribution in [1.29, 1.82) is 0 Å². The second-order valence-corrected chi connectivity index (χ2v) is 4.81. The predicted molar refractivity (Wildman–Crippen MR) is 73.6 cm³/mol. The normalized spacial score (nSPS) is 10.2. The molecule has 1 amide bonds. The van der Waals surface area contributed by atoms with Gasteiger partial charge in [0, 0.05) is 10.7 Å². The van der Waals surface area contributed by atoms with Crippen LogP contribution < -0.4 is 5.32 Å². The minimum absolute atomic E-state index is 0.211. The molecule has 18 heavy (non-hydrogen) atoms. The SMILES string of the molecule is Cc1ccc(NC(=O)c2cncnc2C)c(Br)c1. The van der Waals surface area contributed by atoms with E-state index in [-0.39, 0.29) is 5.91 Å². The third-order valence-corrected chi connectivity index (χ3v) is 3.18. The van der Waals surface area contributed by atoms with Gasteiger partial charge in [-0.15, -0.1) is 0 Å². The molecule has 4 nitrogen and oxygen atoms in total. The zero-order chi connectivity index (χ0) is 13.1. The molecule has 0 unspecified atom stereocenters. The van der Waals surface area contributed by atoms with Crippen LogP contribution in [-0.4, -0.2) is 15.9 Å². The van der Waals surface area contributed by atoms with Crippen molar-refractivity contribution < 1.29 is 4.79 Å². The van der Waals surface area contributed by atoms with Crippen molar-refractivity contribution in [1.82, 2.24) is 9.97 Å². The van der Waals surface area contributed by atoms with E-state index in [2.05, 4.69) is 31.2 Å². The first kappa shape index (κ1) is 12.7. The van der Waals surface area contributed by atoms with Crippen molar-refractivity contribution >= 4 is 27.5 Å². The molecule has 2 rings (SSSR count). The maximum absolute atomic E-state index is 12.1. The molecule has 0 fully saturated rings. The average molecular weight is 306 g/mol. The Bertz CT molecular complexity index is 599. The third kappa shape index (κ3) is 2.73. The highest BCUT2D eigenvalue weighted by atomic mass is 79.9. The molecule has 0 saturated heterocycles. The number of amides is 1. The predicted octanol–water partition coefficient (Wildman–Crippen LogP) is 3.11. The van der Waals surface area contributed by atoms with Crippen LogP contribution in [0.4, 0.5) is 5.69 Å². The lowest BCUT2D eigenvalue weighted by Crippen LogP contribution is -2.14. The van der Waals surface area contributed by atoms with Crippen LogP contribution >= 0.6 is 15.9 Å². The summed E-state index contributed by atoms with van der Waals surface area (Å²) in [6.07, 6.45) is 2.94. The molecule has 0 radical (unpaired) electrons. The Morgan fingerprint density at radius 1 is 1.33 bits per heavy atom. The number of carbonyl (C=O) groups is 1. The highest BCUT2D eigenvalue weighted by Gasteiger charge is 2.11. The Balaban J connectivity index is 2.24. The van der Waals surface area contributed by atoms with Gasteiger partial charge < -0.3 is 5.32 Å². The number of anilines is 1. The Hall–Kier alpha value is -1.75. The third-order valence-electron chi connectivity index (χ3n) is 2.53. The molecule has 0 atom stereocenters. The molecule has 0 aliphatic carbocycles. The molecular formula is C13H12BrN3O. The van der Waals surface area contributed by atoms with E-state index < -0.39 is 0 Å². The molecule has 1 aromatic carbocycles. The first-order valence-electron chi connectivity index (χ1n) is 5.42. The summed E-state index contributed by atoms with van der Waals surface area (Å²) in [5.41, 5.74) is 2.99. The molecule has 1 N–H and O–H groups in total. The monoisotopic (exact) mass is 305 g/mol. The van der Waals surface area contributed by atoms with Gasteiger partial charge in [-0.05, 0) is 47.5 Å². The number of aromatic nitrogens is 2. The lowest BCUT2D eigenvalue weighted by Gasteiger charge is -2.08. The van der Waals surface area contributed by atoms with E-state index in [0.717, 1.165) is 15.7 Å². The van der Waals surface area contributed by atoms with Gasteiger partial charge in [-0.3, -0.25) is 4.79 Å². The maximum Gasteiger partial charge on any atom is 0.259 e.